The molecular formula is C11H26N2OS. The van der Waals surface area contributed by atoms with Crippen LogP contribution in [0.1, 0.15) is 13.3 Å². The Balaban J connectivity index is 3.02. The van der Waals surface area contributed by atoms with Crippen molar-refractivity contribution in [2.45, 2.75) is 13.3 Å². The highest BCUT2D eigenvalue weighted by Gasteiger charge is 1.96. The lowest BCUT2D eigenvalue weighted by Crippen LogP contribution is -2.31. The second kappa shape index (κ2) is 12.3. The summed E-state index contributed by atoms with van der Waals surface area (Å²) in [6.07, 6.45) is 3.27. The Kier molecular flexibility index (Phi) is 12.5. The van der Waals surface area contributed by atoms with Crippen LogP contribution in [0.2, 0.25) is 0 Å². The van der Waals surface area contributed by atoms with Crippen LogP contribution >= 0.6 is 11.8 Å². The van der Waals surface area contributed by atoms with Crippen molar-refractivity contribution in [3.8, 4) is 0 Å². The van der Waals surface area contributed by atoms with Gasteiger partial charge in [0.15, 0.2) is 0 Å². The molecular weight excluding hydrogens is 208 g/mol. The van der Waals surface area contributed by atoms with Gasteiger partial charge in [0.2, 0.25) is 0 Å². The molecule has 0 rings (SSSR count). The first-order valence-corrected chi connectivity index (χ1v) is 7.16. The molecule has 0 aliphatic heterocycles. The lowest BCUT2D eigenvalue weighted by molar-refractivity contribution is 0.144. The average molecular weight is 234 g/mol. The number of hydrogen-bond acceptors (Lipinski definition) is 4. The van der Waals surface area contributed by atoms with Crippen molar-refractivity contribution < 1.29 is 4.74 Å². The molecule has 0 bridgehead atoms. The fourth-order valence-electron chi connectivity index (χ4n) is 1.20. The Morgan fingerprint density at radius 2 is 2.07 bits per heavy atom. The fraction of sp³-hybridized carbons (Fsp3) is 1.00. The third-order valence-corrected chi connectivity index (χ3v) is 2.78. The molecule has 0 unspecified atom stereocenters. The van der Waals surface area contributed by atoms with E-state index in [0.29, 0.717) is 0 Å². The van der Waals surface area contributed by atoms with Gasteiger partial charge in [0, 0.05) is 38.6 Å². The summed E-state index contributed by atoms with van der Waals surface area (Å²) >= 11 is 1.90. The molecule has 0 aromatic heterocycles. The largest absolute Gasteiger partial charge is 0.382 e. The van der Waals surface area contributed by atoms with Crippen LogP contribution in [0.5, 0.6) is 0 Å². The summed E-state index contributed by atoms with van der Waals surface area (Å²) < 4.78 is 5.26. The van der Waals surface area contributed by atoms with Crippen molar-refractivity contribution >= 4 is 11.8 Å². The molecule has 0 amide bonds. The molecule has 0 aromatic rings. The van der Waals surface area contributed by atoms with Crippen LogP contribution in [-0.4, -0.2) is 63.3 Å². The summed E-state index contributed by atoms with van der Waals surface area (Å²) in [7, 11) is 2.18. The molecule has 0 saturated heterocycles. The summed E-state index contributed by atoms with van der Waals surface area (Å²) in [5.41, 5.74) is 0. The van der Waals surface area contributed by atoms with E-state index in [1.54, 1.807) is 0 Å². The maximum absolute atomic E-state index is 5.26. The molecule has 3 nitrogen and oxygen atoms in total. The Labute approximate surface area is 98.9 Å². The van der Waals surface area contributed by atoms with Crippen molar-refractivity contribution in [2.24, 2.45) is 0 Å². The van der Waals surface area contributed by atoms with E-state index in [-0.39, 0.29) is 0 Å². The first-order chi connectivity index (χ1) is 7.31. The smallest absolute Gasteiger partial charge is 0.0477 e. The first kappa shape index (κ1) is 15.2. The quantitative estimate of drug-likeness (QED) is 0.545. The highest BCUT2D eigenvalue weighted by atomic mass is 32.2. The Morgan fingerprint density at radius 1 is 1.27 bits per heavy atom. The number of nitrogens with one attached hydrogen (secondary N) is 1. The summed E-state index contributed by atoms with van der Waals surface area (Å²) in [5.74, 6) is 1.22. The maximum Gasteiger partial charge on any atom is 0.0477 e. The predicted molar refractivity (Wildman–Crippen MR) is 69.9 cm³/mol. The minimum atomic E-state index is 0.831. The monoisotopic (exact) mass is 234 g/mol. The van der Waals surface area contributed by atoms with Gasteiger partial charge in [0.05, 0.1) is 0 Å². The predicted octanol–water partition coefficient (Wildman–Crippen LogP) is 1.30. The SMILES string of the molecule is CCOCCCNCCN(C)CCSC. The normalized spacial score (nSPS) is 11.2. The van der Waals surface area contributed by atoms with Crippen LogP contribution in [0.3, 0.4) is 0 Å². The second-order valence-corrected chi connectivity index (χ2v) is 4.58. The minimum Gasteiger partial charge on any atom is -0.382 e. The van der Waals surface area contributed by atoms with E-state index in [0.717, 1.165) is 39.3 Å². The summed E-state index contributed by atoms with van der Waals surface area (Å²) in [6, 6.07) is 0. The van der Waals surface area contributed by atoms with Gasteiger partial charge in [-0.3, -0.25) is 0 Å². The van der Waals surface area contributed by atoms with Gasteiger partial charge < -0.3 is 15.0 Å². The van der Waals surface area contributed by atoms with E-state index in [2.05, 4.69) is 23.5 Å². The lowest BCUT2D eigenvalue weighted by atomic mass is 10.4. The van der Waals surface area contributed by atoms with Crippen LogP contribution in [-0.2, 0) is 4.74 Å². The fourth-order valence-corrected chi connectivity index (χ4v) is 1.69. The molecule has 0 heterocycles. The number of ether oxygens (including phenoxy) is 1. The van der Waals surface area contributed by atoms with Crippen LogP contribution in [0.15, 0.2) is 0 Å². The Morgan fingerprint density at radius 3 is 2.73 bits per heavy atom. The van der Waals surface area contributed by atoms with Crippen LogP contribution in [0, 0.1) is 0 Å². The van der Waals surface area contributed by atoms with Crippen molar-refractivity contribution in [1.82, 2.24) is 10.2 Å². The number of rotatable bonds is 11. The van der Waals surface area contributed by atoms with Crippen LogP contribution in [0.4, 0.5) is 0 Å². The van der Waals surface area contributed by atoms with Crippen molar-refractivity contribution in [3.63, 3.8) is 0 Å². The highest BCUT2D eigenvalue weighted by Crippen LogP contribution is 1.92. The molecule has 0 aliphatic rings. The number of hydrogen-bond donors (Lipinski definition) is 1. The standard InChI is InChI=1S/C11H26N2OS/c1-4-14-10-5-6-12-7-8-13(2)9-11-15-3/h12H,4-11H2,1-3H3. The van der Waals surface area contributed by atoms with Gasteiger partial charge in [-0.05, 0) is 33.2 Å². The molecule has 0 fully saturated rings. The number of nitrogens with zero attached hydrogens (tertiary/aromatic N) is 1. The van der Waals surface area contributed by atoms with E-state index < -0.39 is 0 Å². The van der Waals surface area contributed by atoms with E-state index in [1.165, 1.54) is 12.3 Å². The molecule has 0 radical (unpaired) electrons. The second-order valence-electron chi connectivity index (χ2n) is 3.60. The first-order valence-electron chi connectivity index (χ1n) is 5.77. The molecule has 4 heteroatoms. The van der Waals surface area contributed by atoms with Crippen molar-refractivity contribution in [1.29, 1.82) is 0 Å². The van der Waals surface area contributed by atoms with E-state index >= 15 is 0 Å². The average Bonchev–Trinajstić information content (AvgIpc) is 2.25. The van der Waals surface area contributed by atoms with Crippen LogP contribution in [0.25, 0.3) is 0 Å². The molecule has 0 aromatic carbocycles. The Bertz CT molecular complexity index is 125. The van der Waals surface area contributed by atoms with Gasteiger partial charge in [-0.15, -0.1) is 0 Å². The molecule has 15 heavy (non-hydrogen) atoms. The molecule has 92 valence electrons. The van der Waals surface area contributed by atoms with E-state index in [9.17, 15) is 0 Å². The molecule has 0 saturated carbocycles. The van der Waals surface area contributed by atoms with Crippen molar-refractivity contribution in [3.05, 3.63) is 0 Å². The maximum atomic E-state index is 5.26. The minimum absolute atomic E-state index is 0.831. The summed E-state index contributed by atoms with van der Waals surface area (Å²) in [6.45, 7) is 8.21. The lowest BCUT2D eigenvalue weighted by Gasteiger charge is -2.15. The van der Waals surface area contributed by atoms with Gasteiger partial charge in [0.1, 0.15) is 0 Å². The topological polar surface area (TPSA) is 24.5 Å². The molecule has 1 N–H and O–H groups in total. The van der Waals surface area contributed by atoms with Gasteiger partial charge in [-0.2, -0.15) is 11.8 Å². The summed E-state index contributed by atoms with van der Waals surface area (Å²) in [4.78, 5) is 2.37. The zero-order chi connectivity index (χ0) is 11.4. The molecule has 0 aliphatic carbocycles. The van der Waals surface area contributed by atoms with Gasteiger partial charge in [0.25, 0.3) is 0 Å². The van der Waals surface area contributed by atoms with Crippen LogP contribution < -0.4 is 5.32 Å². The zero-order valence-electron chi connectivity index (χ0n) is 10.4. The van der Waals surface area contributed by atoms with E-state index in [1.807, 2.05) is 18.7 Å². The highest BCUT2D eigenvalue weighted by molar-refractivity contribution is 7.98. The third kappa shape index (κ3) is 12.2. The molecule has 0 atom stereocenters. The van der Waals surface area contributed by atoms with Gasteiger partial charge in [-0.1, -0.05) is 0 Å². The van der Waals surface area contributed by atoms with E-state index in [4.69, 9.17) is 4.74 Å². The molecule has 0 spiro atoms. The van der Waals surface area contributed by atoms with Crippen molar-refractivity contribution in [2.75, 3.05) is 58.4 Å². The summed E-state index contributed by atoms with van der Waals surface area (Å²) in [5, 5.41) is 3.42. The van der Waals surface area contributed by atoms with Gasteiger partial charge >= 0.3 is 0 Å². The third-order valence-electron chi connectivity index (χ3n) is 2.19. The number of thioether (sulfide) groups is 1. The Hall–Kier alpha value is 0.230. The number of likely N-dealkylation sites (N-methyl/N-ethyl adjacent to an activating group) is 1. The zero-order valence-corrected chi connectivity index (χ0v) is 11.2. The van der Waals surface area contributed by atoms with Gasteiger partial charge in [-0.25, -0.2) is 0 Å².